The van der Waals surface area contributed by atoms with E-state index in [9.17, 15) is 0 Å². The summed E-state index contributed by atoms with van der Waals surface area (Å²) in [6, 6.07) is 2.12. The Kier molecular flexibility index (Phi) is 3.38. The first kappa shape index (κ1) is 12.5. The molecule has 2 saturated heterocycles. The van der Waals surface area contributed by atoms with Crippen LogP contribution < -0.4 is 5.73 Å². The first-order valence-corrected chi connectivity index (χ1v) is 7.81. The van der Waals surface area contributed by atoms with Crippen molar-refractivity contribution in [1.82, 2.24) is 9.78 Å². The molecule has 2 fully saturated rings. The molecular weight excluding hydrogens is 246 g/mol. The Morgan fingerprint density at radius 1 is 1.67 bits per heavy atom. The third-order valence-corrected chi connectivity index (χ3v) is 5.53. The van der Waals surface area contributed by atoms with Gasteiger partial charge in [0.05, 0.1) is 11.3 Å². The number of nitrogens with two attached hydrogens (primary N) is 1. The molecule has 2 aliphatic heterocycles. The second kappa shape index (κ2) is 4.87. The minimum absolute atomic E-state index is 0.0869. The molecule has 0 radical (unpaired) electrons. The molecule has 1 aromatic rings. The molecule has 3 atom stereocenters. The number of aryl methyl sites for hydroxylation is 1. The zero-order valence-corrected chi connectivity index (χ0v) is 11.7. The highest BCUT2D eigenvalue weighted by atomic mass is 32.2. The molecule has 5 heteroatoms. The number of rotatable bonds is 2. The van der Waals surface area contributed by atoms with Crippen molar-refractivity contribution >= 4 is 11.8 Å². The number of hydrogen-bond donors (Lipinski definition) is 1. The molecule has 4 nitrogen and oxygen atoms in total. The molecule has 2 aliphatic rings. The van der Waals surface area contributed by atoms with E-state index in [0.717, 1.165) is 30.9 Å². The summed E-state index contributed by atoms with van der Waals surface area (Å²) in [6.07, 6.45) is 5.19. The van der Waals surface area contributed by atoms with E-state index in [1.165, 1.54) is 12.2 Å². The molecule has 0 bridgehead atoms. The molecular formula is C13H21N3OS. The predicted molar refractivity (Wildman–Crippen MR) is 73.5 cm³/mol. The Morgan fingerprint density at radius 2 is 2.56 bits per heavy atom. The van der Waals surface area contributed by atoms with Crippen molar-refractivity contribution in [1.29, 1.82) is 0 Å². The molecule has 0 aromatic carbocycles. The van der Waals surface area contributed by atoms with Crippen molar-refractivity contribution in [3.05, 3.63) is 18.0 Å². The third-order valence-electron chi connectivity index (χ3n) is 4.31. The van der Waals surface area contributed by atoms with Crippen LogP contribution in [0.1, 0.15) is 31.0 Å². The van der Waals surface area contributed by atoms with Crippen LogP contribution in [-0.2, 0) is 11.8 Å². The summed E-state index contributed by atoms with van der Waals surface area (Å²) in [7, 11) is 1.97. The van der Waals surface area contributed by atoms with Gasteiger partial charge in [-0.1, -0.05) is 0 Å². The maximum absolute atomic E-state index is 6.44. The van der Waals surface area contributed by atoms with Crippen LogP contribution >= 0.6 is 11.8 Å². The largest absolute Gasteiger partial charge is 0.374 e. The SMILES string of the molecule is Cn1nccc1C(N)C1CCOC2(CCSC2)C1. The van der Waals surface area contributed by atoms with Crippen LogP contribution in [0.25, 0.3) is 0 Å². The lowest BCUT2D eigenvalue weighted by Crippen LogP contribution is -2.43. The average molecular weight is 267 g/mol. The van der Waals surface area contributed by atoms with Crippen molar-refractivity contribution < 1.29 is 4.74 Å². The molecule has 0 amide bonds. The van der Waals surface area contributed by atoms with Gasteiger partial charge in [0.25, 0.3) is 0 Å². The lowest BCUT2D eigenvalue weighted by atomic mass is 9.80. The molecule has 100 valence electrons. The van der Waals surface area contributed by atoms with Crippen LogP contribution in [0, 0.1) is 5.92 Å². The number of ether oxygens (including phenoxy) is 1. The Hall–Kier alpha value is -0.520. The molecule has 0 saturated carbocycles. The van der Waals surface area contributed by atoms with Gasteiger partial charge in [-0.2, -0.15) is 16.9 Å². The molecule has 1 aromatic heterocycles. The van der Waals surface area contributed by atoms with Crippen molar-refractivity contribution in [2.75, 3.05) is 18.1 Å². The molecule has 18 heavy (non-hydrogen) atoms. The lowest BCUT2D eigenvalue weighted by molar-refractivity contribution is -0.0837. The minimum Gasteiger partial charge on any atom is -0.374 e. The summed E-state index contributed by atoms with van der Waals surface area (Å²) in [5.41, 5.74) is 7.70. The Morgan fingerprint density at radius 3 is 3.22 bits per heavy atom. The molecule has 1 spiro atoms. The minimum atomic E-state index is 0.0869. The average Bonchev–Trinajstić information content (AvgIpc) is 2.98. The first-order chi connectivity index (χ1) is 8.70. The zero-order chi connectivity index (χ0) is 12.6. The van der Waals surface area contributed by atoms with Crippen LogP contribution in [0.3, 0.4) is 0 Å². The molecule has 0 aliphatic carbocycles. The highest BCUT2D eigenvalue weighted by molar-refractivity contribution is 7.99. The first-order valence-electron chi connectivity index (χ1n) is 6.65. The van der Waals surface area contributed by atoms with Gasteiger partial charge >= 0.3 is 0 Å². The smallest absolute Gasteiger partial charge is 0.0783 e. The van der Waals surface area contributed by atoms with E-state index in [-0.39, 0.29) is 11.6 Å². The fourth-order valence-corrected chi connectivity index (χ4v) is 4.57. The summed E-state index contributed by atoms with van der Waals surface area (Å²) in [5, 5.41) is 4.22. The van der Waals surface area contributed by atoms with Gasteiger partial charge in [-0.05, 0) is 37.0 Å². The summed E-state index contributed by atoms with van der Waals surface area (Å²) < 4.78 is 7.95. The lowest BCUT2D eigenvalue weighted by Gasteiger charge is -2.40. The number of hydrogen-bond acceptors (Lipinski definition) is 4. The summed E-state index contributed by atoms with van der Waals surface area (Å²) in [4.78, 5) is 0. The Labute approximate surface area is 112 Å². The summed E-state index contributed by atoms with van der Waals surface area (Å²) >= 11 is 2.01. The van der Waals surface area contributed by atoms with E-state index in [1.807, 2.05) is 35.8 Å². The monoisotopic (exact) mass is 267 g/mol. The fraction of sp³-hybridized carbons (Fsp3) is 0.769. The number of nitrogens with zero attached hydrogens (tertiary/aromatic N) is 2. The van der Waals surface area contributed by atoms with E-state index in [4.69, 9.17) is 10.5 Å². The van der Waals surface area contributed by atoms with Crippen molar-refractivity contribution in [3.8, 4) is 0 Å². The fourth-order valence-electron chi connectivity index (χ4n) is 3.19. The molecule has 3 heterocycles. The second-order valence-corrected chi connectivity index (χ2v) is 6.60. The van der Waals surface area contributed by atoms with Crippen molar-refractivity contribution in [3.63, 3.8) is 0 Å². The Bertz CT molecular complexity index is 414. The summed E-state index contributed by atoms with van der Waals surface area (Å²) in [5.74, 6) is 2.89. The number of thioether (sulfide) groups is 1. The van der Waals surface area contributed by atoms with E-state index in [0.29, 0.717) is 5.92 Å². The van der Waals surface area contributed by atoms with Gasteiger partial charge in [0, 0.05) is 31.6 Å². The van der Waals surface area contributed by atoms with E-state index in [1.54, 1.807) is 0 Å². The van der Waals surface area contributed by atoms with Gasteiger partial charge < -0.3 is 10.5 Å². The van der Waals surface area contributed by atoms with Crippen LogP contribution in [0.4, 0.5) is 0 Å². The molecule has 3 unspecified atom stereocenters. The van der Waals surface area contributed by atoms with Gasteiger partial charge in [-0.3, -0.25) is 4.68 Å². The summed E-state index contributed by atoms with van der Waals surface area (Å²) in [6.45, 7) is 0.858. The normalized spacial score (nSPS) is 34.0. The number of aromatic nitrogens is 2. The zero-order valence-electron chi connectivity index (χ0n) is 10.8. The maximum Gasteiger partial charge on any atom is 0.0783 e. The topological polar surface area (TPSA) is 53.1 Å². The molecule has 2 N–H and O–H groups in total. The second-order valence-electron chi connectivity index (χ2n) is 5.49. The van der Waals surface area contributed by atoms with Crippen LogP contribution in [0.2, 0.25) is 0 Å². The van der Waals surface area contributed by atoms with Crippen molar-refractivity contribution in [2.24, 2.45) is 18.7 Å². The van der Waals surface area contributed by atoms with Crippen LogP contribution in [-0.4, -0.2) is 33.5 Å². The van der Waals surface area contributed by atoms with Gasteiger partial charge in [0.1, 0.15) is 0 Å². The molecule has 3 rings (SSSR count). The van der Waals surface area contributed by atoms with E-state index < -0.39 is 0 Å². The Balaban J connectivity index is 1.74. The van der Waals surface area contributed by atoms with Crippen LogP contribution in [0.5, 0.6) is 0 Å². The van der Waals surface area contributed by atoms with Crippen molar-refractivity contribution in [2.45, 2.75) is 30.9 Å². The predicted octanol–water partition coefficient (Wildman–Crippen LogP) is 1.72. The van der Waals surface area contributed by atoms with E-state index >= 15 is 0 Å². The third kappa shape index (κ3) is 2.19. The van der Waals surface area contributed by atoms with Crippen LogP contribution in [0.15, 0.2) is 12.3 Å². The van der Waals surface area contributed by atoms with Gasteiger partial charge in [0.15, 0.2) is 0 Å². The highest BCUT2D eigenvalue weighted by Crippen LogP contribution is 2.43. The van der Waals surface area contributed by atoms with Gasteiger partial charge in [0.2, 0.25) is 0 Å². The van der Waals surface area contributed by atoms with Gasteiger partial charge in [-0.25, -0.2) is 0 Å². The highest BCUT2D eigenvalue weighted by Gasteiger charge is 2.42. The van der Waals surface area contributed by atoms with E-state index in [2.05, 4.69) is 5.10 Å². The maximum atomic E-state index is 6.44. The standard InChI is InChI=1S/C13H21N3OS/c1-16-11(2-5-15-16)12(14)10-3-6-17-13(8-10)4-7-18-9-13/h2,5,10,12H,3-4,6-9,14H2,1H3. The van der Waals surface area contributed by atoms with Gasteiger partial charge in [-0.15, -0.1) is 0 Å². The quantitative estimate of drug-likeness (QED) is 0.886.